The second-order valence-electron chi connectivity index (χ2n) is 9.23. The van der Waals surface area contributed by atoms with Crippen LogP contribution in [-0.4, -0.2) is 11.9 Å². The van der Waals surface area contributed by atoms with Crippen LogP contribution in [0.4, 0.5) is 0 Å². The summed E-state index contributed by atoms with van der Waals surface area (Å²) in [6.07, 6.45) is 17.6. The largest absolute Gasteiger partial charge is 0.353 e. The monoisotopic (exact) mass is 319 g/mol. The maximum Gasteiger partial charge on any atom is 0.220 e. The van der Waals surface area contributed by atoms with Gasteiger partial charge in [-0.3, -0.25) is 4.79 Å². The third-order valence-electron chi connectivity index (χ3n) is 7.31. The Morgan fingerprint density at radius 3 is 2.52 bits per heavy atom. The molecule has 23 heavy (non-hydrogen) atoms. The summed E-state index contributed by atoms with van der Waals surface area (Å²) in [5.41, 5.74) is 0.560. The van der Waals surface area contributed by atoms with E-state index in [1.165, 1.54) is 77.0 Å². The quantitative estimate of drug-likeness (QED) is 0.683. The summed E-state index contributed by atoms with van der Waals surface area (Å²) in [5.74, 6) is 2.71. The number of rotatable bonds is 1. The standard InChI is InChI=1S/C21H37NO/c1-16(2)17-8-6-4-3-5-7-11-21(12-9-17)13-10-19-18(15-21)14-20(23)22-19/h16-19H,3-15H2,1-2H3,(H,22,23). The van der Waals surface area contributed by atoms with Gasteiger partial charge in [0.05, 0.1) is 0 Å². The van der Waals surface area contributed by atoms with E-state index in [1.54, 1.807) is 0 Å². The molecule has 1 heterocycles. The van der Waals surface area contributed by atoms with E-state index >= 15 is 0 Å². The van der Waals surface area contributed by atoms with Crippen LogP contribution in [0.15, 0.2) is 0 Å². The summed E-state index contributed by atoms with van der Waals surface area (Å²) in [6, 6.07) is 0.507. The number of amides is 1. The first kappa shape index (κ1) is 17.3. The highest BCUT2D eigenvalue weighted by atomic mass is 16.2. The molecule has 0 aromatic carbocycles. The number of nitrogens with one attached hydrogen (secondary N) is 1. The van der Waals surface area contributed by atoms with E-state index < -0.39 is 0 Å². The molecule has 3 rings (SSSR count). The molecule has 1 N–H and O–H groups in total. The van der Waals surface area contributed by atoms with Gasteiger partial charge < -0.3 is 5.32 Å². The Kier molecular flexibility index (Phi) is 5.69. The SMILES string of the molecule is CC(C)C1CCCCCCCC2(CC1)CCC1NC(=O)CC1C2. The van der Waals surface area contributed by atoms with E-state index in [9.17, 15) is 4.79 Å². The van der Waals surface area contributed by atoms with Crippen LogP contribution in [0.5, 0.6) is 0 Å². The molecule has 2 nitrogen and oxygen atoms in total. The summed E-state index contributed by atoms with van der Waals surface area (Å²) in [7, 11) is 0. The summed E-state index contributed by atoms with van der Waals surface area (Å²) in [5, 5.41) is 3.23. The average molecular weight is 320 g/mol. The molecular formula is C21H37NO. The maximum atomic E-state index is 11.8. The summed E-state index contributed by atoms with van der Waals surface area (Å²) < 4.78 is 0. The lowest BCUT2D eigenvalue weighted by Gasteiger charge is -2.43. The predicted molar refractivity (Wildman–Crippen MR) is 96.2 cm³/mol. The molecule has 1 saturated heterocycles. The molecule has 2 heteroatoms. The third-order valence-corrected chi connectivity index (χ3v) is 7.31. The highest BCUT2D eigenvalue weighted by Crippen LogP contribution is 2.50. The van der Waals surface area contributed by atoms with Crippen LogP contribution in [0.3, 0.4) is 0 Å². The number of hydrogen-bond acceptors (Lipinski definition) is 1. The highest BCUT2D eigenvalue weighted by Gasteiger charge is 2.44. The number of carbonyl (C=O) groups excluding carboxylic acids is 1. The van der Waals surface area contributed by atoms with E-state index in [0.29, 0.717) is 23.3 Å². The van der Waals surface area contributed by atoms with E-state index in [2.05, 4.69) is 19.2 Å². The lowest BCUT2D eigenvalue weighted by molar-refractivity contribution is -0.119. The Labute approximate surface area is 143 Å². The van der Waals surface area contributed by atoms with E-state index in [1.807, 2.05) is 0 Å². The number of hydrogen-bond donors (Lipinski definition) is 1. The fourth-order valence-electron chi connectivity index (χ4n) is 5.72. The van der Waals surface area contributed by atoms with Crippen LogP contribution in [-0.2, 0) is 4.79 Å². The molecule has 3 aliphatic rings. The minimum Gasteiger partial charge on any atom is -0.353 e. The zero-order valence-corrected chi connectivity index (χ0v) is 15.4. The molecule has 1 amide bonds. The summed E-state index contributed by atoms with van der Waals surface area (Å²) in [6.45, 7) is 4.85. The second-order valence-corrected chi connectivity index (χ2v) is 9.23. The lowest BCUT2D eigenvalue weighted by atomic mass is 9.62. The van der Waals surface area contributed by atoms with Gasteiger partial charge in [0, 0.05) is 12.5 Å². The minimum absolute atomic E-state index is 0.314. The van der Waals surface area contributed by atoms with Crippen LogP contribution >= 0.6 is 0 Å². The average Bonchev–Trinajstić information content (AvgIpc) is 2.85. The van der Waals surface area contributed by atoms with E-state index in [4.69, 9.17) is 0 Å². The van der Waals surface area contributed by atoms with Crippen molar-refractivity contribution in [2.24, 2.45) is 23.2 Å². The highest BCUT2D eigenvalue weighted by molar-refractivity contribution is 5.79. The van der Waals surface area contributed by atoms with Crippen LogP contribution in [0.2, 0.25) is 0 Å². The first-order valence-corrected chi connectivity index (χ1v) is 10.4. The van der Waals surface area contributed by atoms with Gasteiger partial charge in [-0.25, -0.2) is 0 Å². The smallest absolute Gasteiger partial charge is 0.220 e. The maximum absolute atomic E-state index is 11.8. The van der Waals surface area contributed by atoms with Gasteiger partial charge in [-0.2, -0.15) is 0 Å². The zero-order valence-electron chi connectivity index (χ0n) is 15.4. The molecule has 4 unspecified atom stereocenters. The Bertz CT molecular complexity index is 405. The van der Waals surface area contributed by atoms with Crippen molar-refractivity contribution in [1.82, 2.24) is 5.32 Å². The molecule has 1 spiro atoms. The van der Waals surface area contributed by atoms with Crippen molar-refractivity contribution in [1.29, 1.82) is 0 Å². The Morgan fingerprint density at radius 2 is 1.70 bits per heavy atom. The molecule has 0 radical (unpaired) electrons. The van der Waals surface area contributed by atoms with E-state index in [0.717, 1.165) is 18.3 Å². The van der Waals surface area contributed by atoms with Crippen LogP contribution in [0, 0.1) is 23.2 Å². The molecule has 3 fully saturated rings. The Hall–Kier alpha value is -0.530. The van der Waals surface area contributed by atoms with Gasteiger partial charge in [0.25, 0.3) is 0 Å². The third kappa shape index (κ3) is 4.31. The van der Waals surface area contributed by atoms with Crippen molar-refractivity contribution in [2.45, 2.75) is 103 Å². The molecule has 1 aliphatic heterocycles. The minimum atomic E-state index is 0.314. The first-order valence-electron chi connectivity index (χ1n) is 10.4. The van der Waals surface area contributed by atoms with Crippen molar-refractivity contribution >= 4 is 5.91 Å². The van der Waals surface area contributed by atoms with E-state index in [-0.39, 0.29) is 0 Å². The first-order chi connectivity index (χ1) is 11.1. The molecule has 2 saturated carbocycles. The van der Waals surface area contributed by atoms with Crippen molar-refractivity contribution in [2.75, 3.05) is 0 Å². The molecule has 132 valence electrons. The summed E-state index contributed by atoms with van der Waals surface area (Å²) >= 11 is 0. The molecule has 2 aliphatic carbocycles. The lowest BCUT2D eigenvalue weighted by Crippen LogP contribution is -2.39. The molecule has 0 aromatic rings. The Balaban J connectivity index is 1.68. The topological polar surface area (TPSA) is 29.1 Å². The molecule has 0 aromatic heterocycles. The Morgan fingerprint density at radius 1 is 0.957 bits per heavy atom. The van der Waals surface area contributed by atoms with Gasteiger partial charge in [-0.1, -0.05) is 52.4 Å². The normalized spacial score (nSPS) is 39.8. The van der Waals surface area contributed by atoms with Crippen LogP contribution < -0.4 is 5.32 Å². The molecule has 0 bridgehead atoms. The summed E-state index contributed by atoms with van der Waals surface area (Å²) in [4.78, 5) is 11.8. The zero-order chi connectivity index (χ0) is 16.3. The van der Waals surface area contributed by atoms with Gasteiger partial charge in [-0.15, -0.1) is 0 Å². The van der Waals surface area contributed by atoms with Crippen LogP contribution in [0.1, 0.15) is 97.3 Å². The molecular weight excluding hydrogens is 282 g/mol. The van der Waals surface area contributed by atoms with Gasteiger partial charge in [-0.05, 0) is 61.7 Å². The van der Waals surface area contributed by atoms with Crippen molar-refractivity contribution in [3.05, 3.63) is 0 Å². The number of fused-ring (bicyclic) bond motifs is 1. The van der Waals surface area contributed by atoms with Crippen LogP contribution in [0.25, 0.3) is 0 Å². The van der Waals surface area contributed by atoms with Gasteiger partial charge >= 0.3 is 0 Å². The number of carbonyl (C=O) groups is 1. The molecule has 4 atom stereocenters. The fourth-order valence-corrected chi connectivity index (χ4v) is 5.72. The predicted octanol–water partition coefficient (Wildman–Crippen LogP) is 5.46. The van der Waals surface area contributed by atoms with Gasteiger partial charge in [0.15, 0.2) is 0 Å². The van der Waals surface area contributed by atoms with Crippen molar-refractivity contribution in [3.8, 4) is 0 Å². The van der Waals surface area contributed by atoms with Gasteiger partial charge in [0.1, 0.15) is 0 Å². The fraction of sp³-hybridized carbons (Fsp3) is 0.952. The van der Waals surface area contributed by atoms with Gasteiger partial charge in [0.2, 0.25) is 5.91 Å². The van der Waals surface area contributed by atoms with Crippen molar-refractivity contribution in [3.63, 3.8) is 0 Å². The van der Waals surface area contributed by atoms with Crippen molar-refractivity contribution < 1.29 is 4.79 Å². The second kappa shape index (κ2) is 7.57.